The zero-order valence-electron chi connectivity index (χ0n) is 11.8. The number of hydrogen-bond acceptors (Lipinski definition) is 4. The van der Waals surface area contributed by atoms with E-state index in [0.29, 0.717) is 13.0 Å². The molecule has 0 saturated carbocycles. The van der Waals surface area contributed by atoms with Crippen LogP contribution in [0.3, 0.4) is 0 Å². The molecule has 0 aromatic carbocycles. The molecule has 1 atom stereocenters. The molecule has 1 unspecified atom stereocenters. The van der Waals surface area contributed by atoms with Gasteiger partial charge < -0.3 is 10.0 Å². The number of rotatable bonds is 2. The lowest BCUT2D eigenvalue weighted by Crippen LogP contribution is -2.59. The first kappa shape index (κ1) is 14.5. The highest BCUT2D eigenvalue weighted by Gasteiger charge is 2.45. The molecule has 1 fully saturated rings. The van der Waals surface area contributed by atoms with Crippen molar-refractivity contribution in [2.45, 2.75) is 44.6 Å². The maximum Gasteiger partial charge on any atom is 0.329 e. The molecule has 0 aromatic rings. The second-order valence-corrected chi connectivity index (χ2v) is 5.46. The molecule has 0 aliphatic carbocycles. The number of nitrogens with zero attached hydrogens (tertiary/aromatic N) is 3. The van der Waals surface area contributed by atoms with E-state index in [0.717, 1.165) is 17.9 Å². The minimum atomic E-state index is -1.18. The molecular formula is C13H19N3O4. The average Bonchev–Trinajstić information content (AvgIpc) is 2.41. The Labute approximate surface area is 117 Å². The summed E-state index contributed by atoms with van der Waals surface area (Å²) in [7, 11) is 1.50. The van der Waals surface area contributed by atoms with E-state index in [1.54, 1.807) is 6.92 Å². The fourth-order valence-electron chi connectivity index (χ4n) is 2.65. The third-order valence-corrected chi connectivity index (χ3v) is 4.05. The van der Waals surface area contributed by atoms with Gasteiger partial charge in [0.15, 0.2) is 0 Å². The Hall–Kier alpha value is -1.92. The van der Waals surface area contributed by atoms with Crippen LogP contribution in [-0.4, -0.2) is 57.6 Å². The van der Waals surface area contributed by atoms with Gasteiger partial charge in [-0.2, -0.15) is 5.10 Å². The Morgan fingerprint density at radius 2 is 2.00 bits per heavy atom. The molecule has 2 amide bonds. The van der Waals surface area contributed by atoms with Gasteiger partial charge in [0.2, 0.25) is 5.91 Å². The number of carboxylic acids is 1. The van der Waals surface area contributed by atoms with Crippen molar-refractivity contribution in [3.8, 4) is 0 Å². The first-order valence-corrected chi connectivity index (χ1v) is 6.75. The van der Waals surface area contributed by atoms with Crippen LogP contribution in [0.4, 0.5) is 0 Å². The highest BCUT2D eigenvalue weighted by molar-refractivity contribution is 6.39. The second-order valence-electron chi connectivity index (χ2n) is 5.46. The van der Waals surface area contributed by atoms with Crippen LogP contribution in [-0.2, 0) is 14.4 Å². The quantitative estimate of drug-likeness (QED) is 0.795. The molecular weight excluding hydrogens is 262 g/mol. The summed E-state index contributed by atoms with van der Waals surface area (Å²) in [4.78, 5) is 36.8. The Balaban J connectivity index is 2.25. The van der Waals surface area contributed by atoms with E-state index in [1.807, 2.05) is 0 Å². The summed E-state index contributed by atoms with van der Waals surface area (Å²) in [5.74, 6) is -1.50. The highest BCUT2D eigenvalue weighted by atomic mass is 16.4. The third-order valence-electron chi connectivity index (χ3n) is 4.05. The average molecular weight is 281 g/mol. The van der Waals surface area contributed by atoms with Crippen LogP contribution >= 0.6 is 0 Å². The number of carbonyl (C=O) groups is 3. The number of carboxylic acid groups (broad SMARTS) is 1. The fraction of sp³-hybridized carbons (Fsp3) is 0.692. The van der Waals surface area contributed by atoms with E-state index in [9.17, 15) is 19.5 Å². The molecule has 7 heteroatoms. The van der Waals surface area contributed by atoms with Gasteiger partial charge in [-0.1, -0.05) is 0 Å². The molecule has 0 aromatic heterocycles. The predicted octanol–water partition coefficient (Wildman–Crippen LogP) is 0.450. The molecule has 110 valence electrons. The van der Waals surface area contributed by atoms with E-state index in [1.165, 1.54) is 11.9 Å². The highest BCUT2D eigenvalue weighted by Crippen LogP contribution is 2.29. The normalized spacial score (nSPS) is 27.3. The van der Waals surface area contributed by atoms with E-state index < -0.39 is 11.5 Å². The zero-order valence-corrected chi connectivity index (χ0v) is 11.8. The number of aliphatic carboxylic acids is 1. The van der Waals surface area contributed by atoms with Gasteiger partial charge in [-0.25, -0.2) is 9.80 Å². The summed E-state index contributed by atoms with van der Waals surface area (Å²) >= 11 is 0. The minimum absolute atomic E-state index is 0.138. The van der Waals surface area contributed by atoms with Crippen LogP contribution in [0.2, 0.25) is 0 Å². The molecule has 1 N–H and O–H groups in total. The molecule has 1 saturated heterocycles. The number of hydrogen-bond donors (Lipinski definition) is 1. The van der Waals surface area contributed by atoms with Crippen molar-refractivity contribution in [1.82, 2.24) is 9.91 Å². The summed E-state index contributed by atoms with van der Waals surface area (Å²) in [5.41, 5.74) is -0.917. The molecule has 2 rings (SSSR count). The van der Waals surface area contributed by atoms with Gasteiger partial charge in [0.25, 0.3) is 5.91 Å². The van der Waals surface area contributed by atoms with Gasteiger partial charge in [0, 0.05) is 26.4 Å². The smallest absolute Gasteiger partial charge is 0.329 e. The predicted molar refractivity (Wildman–Crippen MR) is 71.0 cm³/mol. The molecule has 2 aliphatic rings. The van der Waals surface area contributed by atoms with Crippen LogP contribution in [0.5, 0.6) is 0 Å². The lowest BCUT2D eigenvalue weighted by molar-refractivity contribution is -0.158. The number of amides is 2. The minimum Gasteiger partial charge on any atom is -0.480 e. The van der Waals surface area contributed by atoms with Gasteiger partial charge >= 0.3 is 5.97 Å². The van der Waals surface area contributed by atoms with E-state index in [-0.39, 0.29) is 30.4 Å². The SMILES string of the molecule is CN1N=C(C(=O)N2CCCCC2(C)C(=O)O)CCC1=O. The van der Waals surface area contributed by atoms with Crippen LogP contribution in [0.1, 0.15) is 39.0 Å². The summed E-state index contributed by atoms with van der Waals surface area (Å²) in [6.07, 6.45) is 2.52. The van der Waals surface area contributed by atoms with E-state index in [4.69, 9.17) is 0 Å². The summed E-state index contributed by atoms with van der Waals surface area (Å²) in [6.45, 7) is 1.99. The first-order valence-electron chi connectivity index (χ1n) is 6.75. The lowest BCUT2D eigenvalue weighted by atomic mass is 9.88. The first-order chi connectivity index (χ1) is 9.36. The van der Waals surface area contributed by atoms with Crippen molar-refractivity contribution in [2.75, 3.05) is 13.6 Å². The van der Waals surface area contributed by atoms with Gasteiger partial charge in [-0.3, -0.25) is 9.59 Å². The summed E-state index contributed by atoms with van der Waals surface area (Å²) in [6, 6.07) is 0. The maximum atomic E-state index is 12.5. The summed E-state index contributed by atoms with van der Waals surface area (Å²) in [5, 5.41) is 14.5. The third kappa shape index (κ3) is 2.39. The zero-order chi connectivity index (χ0) is 14.9. The van der Waals surface area contributed by atoms with Crippen LogP contribution in [0, 0.1) is 0 Å². The topological polar surface area (TPSA) is 90.3 Å². The van der Waals surface area contributed by atoms with Crippen molar-refractivity contribution < 1.29 is 19.5 Å². The second kappa shape index (κ2) is 5.22. The summed E-state index contributed by atoms with van der Waals surface area (Å²) < 4.78 is 0. The molecule has 0 bridgehead atoms. The Morgan fingerprint density at radius 3 is 2.60 bits per heavy atom. The van der Waals surface area contributed by atoms with Gasteiger partial charge in [-0.05, 0) is 26.2 Å². The molecule has 0 radical (unpaired) electrons. The van der Waals surface area contributed by atoms with Crippen molar-refractivity contribution in [3.63, 3.8) is 0 Å². The van der Waals surface area contributed by atoms with Gasteiger partial charge in [-0.15, -0.1) is 0 Å². The van der Waals surface area contributed by atoms with Crippen molar-refractivity contribution in [1.29, 1.82) is 0 Å². The Morgan fingerprint density at radius 1 is 1.30 bits per heavy atom. The van der Waals surface area contributed by atoms with Crippen molar-refractivity contribution in [3.05, 3.63) is 0 Å². The van der Waals surface area contributed by atoms with Crippen LogP contribution < -0.4 is 0 Å². The Bertz CT molecular complexity index is 488. The van der Waals surface area contributed by atoms with E-state index >= 15 is 0 Å². The number of carbonyl (C=O) groups excluding carboxylic acids is 2. The monoisotopic (exact) mass is 281 g/mol. The number of hydrazone groups is 1. The van der Waals surface area contributed by atoms with Crippen LogP contribution in [0.15, 0.2) is 5.10 Å². The molecule has 0 spiro atoms. The fourth-order valence-corrected chi connectivity index (χ4v) is 2.65. The van der Waals surface area contributed by atoms with Gasteiger partial charge in [0.05, 0.1) is 0 Å². The van der Waals surface area contributed by atoms with E-state index in [2.05, 4.69) is 5.10 Å². The number of piperidine rings is 1. The largest absolute Gasteiger partial charge is 0.480 e. The van der Waals surface area contributed by atoms with Crippen molar-refractivity contribution in [2.24, 2.45) is 5.10 Å². The van der Waals surface area contributed by atoms with Crippen LogP contribution in [0.25, 0.3) is 0 Å². The Kier molecular flexibility index (Phi) is 3.78. The lowest BCUT2D eigenvalue weighted by Gasteiger charge is -2.42. The maximum absolute atomic E-state index is 12.5. The molecule has 2 aliphatic heterocycles. The molecule has 2 heterocycles. The number of likely N-dealkylation sites (tertiary alicyclic amines) is 1. The van der Waals surface area contributed by atoms with Gasteiger partial charge in [0.1, 0.15) is 11.3 Å². The standard InChI is InChI=1S/C13H19N3O4/c1-13(12(19)20)7-3-4-8-16(13)11(18)9-5-6-10(17)15(2)14-9/h3-8H2,1-2H3,(H,19,20). The molecule has 20 heavy (non-hydrogen) atoms. The van der Waals surface area contributed by atoms with Crippen molar-refractivity contribution >= 4 is 23.5 Å². The molecule has 7 nitrogen and oxygen atoms in total.